The number of rotatable bonds is 8. The van der Waals surface area contributed by atoms with E-state index in [1.807, 2.05) is 0 Å². The van der Waals surface area contributed by atoms with Gasteiger partial charge in [0.05, 0.1) is 11.4 Å². The first-order valence-corrected chi connectivity index (χ1v) is 6.35. The molecular formula is C11H19BrO3. The Labute approximate surface area is 99.7 Å². The van der Waals surface area contributed by atoms with E-state index in [1.54, 1.807) is 6.92 Å². The van der Waals surface area contributed by atoms with Crippen LogP contribution >= 0.6 is 15.9 Å². The molecule has 0 radical (unpaired) electrons. The van der Waals surface area contributed by atoms with Crippen molar-refractivity contribution in [3.8, 4) is 0 Å². The van der Waals surface area contributed by atoms with Gasteiger partial charge in [-0.25, -0.2) is 0 Å². The molecule has 88 valence electrons. The summed E-state index contributed by atoms with van der Waals surface area (Å²) >= 11 is 3.30. The third-order valence-corrected chi connectivity index (χ3v) is 3.00. The molecule has 0 aromatic heterocycles. The van der Waals surface area contributed by atoms with Crippen LogP contribution in [0.5, 0.6) is 0 Å². The van der Waals surface area contributed by atoms with Crippen molar-refractivity contribution in [3.63, 3.8) is 0 Å². The second-order valence-electron chi connectivity index (χ2n) is 3.41. The lowest BCUT2D eigenvalue weighted by Crippen LogP contribution is -2.19. The Morgan fingerprint density at radius 2 is 1.93 bits per heavy atom. The predicted molar refractivity (Wildman–Crippen MR) is 63.1 cm³/mol. The van der Waals surface area contributed by atoms with Crippen LogP contribution in [0.3, 0.4) is 0 Å². The van der Waals surface area contributed by atoms with Gasteiger partial charge in [-0.05, 0) is 13.3 Å². The first-order chi connectivity index (χ1) is 7.11. The van der Waals surface area contributed by atoms with Gasteiger partial charge in [-0.2, -0.15) is 0 Å². The van der Waals surface area contributed by atoms with Crippen LogP contribution in [-0.4, -0.2) is 23.2 Å². The summed E-state index contributed by atoms with van der Waals surface area (Å²) in [7, 11) is 0. The third kappa shape index (κ3) is 7.54. The van der Waals surface area contributed by atoms with E-state index in [1.165, 1.54) is 0 Å². The lowest BCUT2D eigenvalue weighted by atomic mass is 10.1. The van der Waals surface area contributed by atoms with Gasteiger partial charge in [0, 0.05) is 0 Å². The maximum atomic E-state index is 11.5. The number of hydrogen-bond donors (Lipinski definition) is 0. The van der Waals surface area contributed by atoms with E-state index in [2.05, 4.69) is 22.9 Å². The normalized spacial score (nSPS) is 12.2. The van der Waals surface area contributed by atoms with Gasteiger partial charge in [-0.1, -0.05) is 42.1 Å². The van der Waals surface area contributed by atoms with Crippen molar-refractivity contribution < 1.29 is 14.3 Å². The van der Waals surface area contributed by atoms with Gasteiger partial charge in [0.1, 0.15) is 6.42 Å². The van der Waals surface area contributed by atoms with Crippen LogP contribution in [0.25, 0.3) is 0 Å². The van der Waals surface area contributed by atoms with Crippen LogP contribution in [0.1, 0.15) is 46.0 Å². The van der Waals surface area contributed by atoms with Crippen molar-refractivity contribution >= 4 is 27.7 Å². The molecule has 0 heterocycles. The van der Waals surface area contributed by atoms with Gasteiger partial charge in [0.25, 0.3) is 0 Å². The van der Waals surface area contributed by atoms with Crippen LogP contribution in [-0.2, 0) is 14.3 Å². The fourth-order valence-electron chi connectivity index (χ4n) is 1.20. The summed E-state index contributed by atoms with van der Waals surface area (Å²) in [6, 6.07) is 0. The highest BCUT2D eigenvalue weighted by Crippen LogP contribution is 2.13. The fourth-order valence-corrected chi connectivity index (χ4v) is 1.69. The fraction of sp³-hybridized carbons (Fsp3) is 0.818. The van der Waals surface area contributed by atoms with Gasteiger partial charge in [0.2, 0.25) is 0 Å². The molecule has 0 spiro atoms. The van der Waals surface area contributed by atoms with E-state index in [9.17, 15) is 9.59 Å². The number of hydrogen-bond acceptors (Lipinski definition) is 3. The molecule has 0 bridgehead atoms. The minimum atomic E-state index is -0.428. The molecule has 0 aliphatic rings. The molecular weight excluding hydrogens is 260 g/mol. The number of alkyl halides is 1. The van der Waals surface area contributed by atoms with Gasteiger partial charge in [-0.15, -0.1) is 0 Å². The molecule has 0 fully saturated rings. The van der Waals surface area contributed by atoms with Crippen molar-refractivity contribution in [2.45, 2.75) is 50.8 Å². The zero-order valence-electron chi connectivity index (χ0n) is 9.42. The standard InChI is InChI=1S/C11H19BrO3/c1-3-5-6-7-9(12)10(13)8-11(14)15-4-2/h9H,3-8H2,1-2H3. The average molecular weight is 279 g/mol. The summed E-state index contributed by atoms with van der Waals surface area (Å²) < 4.78 is 4.71. The minimum absolute atomic E-state index is 0.0791. The van der Waals surface area contributed by atoms with Gasteiger partial charge < -0.3 is 4.74 Å². The number of esters is 1. The van der Waals surface area contributed by atoms with E-state index < -0.39 is 5.97 Å². The summed E-state index contributed by atoms with van der Waals surface area (Å²) in [6.07, 6.45) is 3.95. The molecule has 0 aromatic carbocycles. The Hall–Kier alpha value is -0.380. The molecule has 1 unspecified atom stereocenters. The summed E-state index contributed by atoms with van der Waals surface area (Å²) in [6.45, 7) is 4.17. The maximum absolute atomic E-state index is 11.5. The Kier molecular flexibility index (Phi) is 8.67. The molecule has 0 aromatic rings. The largest absolute Gasteiger partial charge is 0.466 e. The van der Waals surface area contributed by atoms with Crippen LogP contribution in [0.4, 0.5) is 0 Å². The SMILES string of the molecule is CCCCCC(Br)C(=O)CC(=O)OCC. The number of unbranched alkanes of at least 4 members (excludes halogenated alkanes) is 2. The summed E-state index contributed by atoms with van der Waals surface area (Å²) in [5.41, 5.74) is 0. The van der Waals surface area contributed by atoms with E-state index in [0.717, 1.165) is 25.7 Å². The Balaban J connectivity index is 3.73. The Bertz CT molecular complexity index is 204. The van der Waals surface area contributed by atoms with Crippen molar-refractivity contribution in [2.75, 3.05) is 6.61 Å². The molecule has 0 saturated carbocycles. The molecule has 4 heteroatoms. The maximum Gasteiger partial charge on any atom is 0.313 e. The molecule has 0 aliphatic heterocycles. The van der Waals surface area contributed by atoms with E-state index in [0.29, 0.717) is 6.61 Å². The quantitative estimate of drug-likeness (QED) is 0.297. The van der Waals surface area contributed by atoms with Crippen LogP contribution in [0.15, 0.2) is 0 Å². The highest BCUT2D eigenvalue weighted by atomic mass is 79.9. The molecule has 3 nitrogen and oxygen atoms in total. The molecule has 0 amide bonds. The highest BCUT2D eigenvalue weighted by Gasteiger charge is 2.18. The zero-order chi connectivity index (χ0) is 11.7. The minimum Gasteiger partial charge on any atom is -0.466 e. The molecule has 15 heavy (non-hydrogen) atoms. The van der Waals surface area contributed by atoms with Crippen molar-refractivity contribution in [3.05, 3.63) is 0 Å². The van der Waals surface area contributed by atoms with E-state index >= 15 is 0 Å². The van der Waals surface area contributed by atoms with Crippen LogP contribution in [0, 0.1) is 0 Å². The van der Waals surface area contributed by atoms with Crippen LogP contribution < -0.4 is 0 Å². The first-order valence-electron chi connectivity index (χ1n) is 5.44. The molecule has 0 N–H and O–H groups in total. The van der Waals surface area contributed by atoms with Crippen molar-refractivity contribution in [1.82, 2.24) is 0 Å². The Morgan fingerprint density at radius 3 is 2.47 bits per heavy atom. The van der Waals surface area contributed by atoms with Gasteiger partial charge in [0.15, 0.2) is 5.78 Å². The number of carbonyl (C=O) groups excluding carboxylic acids is 2. The number of ether oxygens (including phenoxy) is 1. The smallest absolute Gasteiger partial charge is 0.313 e. The second kappa shape index (κ2) is 8.89. The number of halogens is 1. The number of ketones is 1. The van der Waals surface area contributed by atoms with Crippen LogP contribution in [0.2, 0.25) is 0 Å². The lowest BCUT2D eigenvalue weighted by Gasteiger charge is -2.07. The summed E-state index contributed by atoms with van der Waals surface area (Å²) in [4.78, 5) is 22.3. The number of Topliss-reactive ketones (excluding diaryl/α,β-unsaturated/α-hetero) is 1. The molecule has 0 saturated heterocycles. The van der Waals surface area contributed by atoms with Crippen molar-refractivity contribution in [2.24, 2.45) is 0 Å². The molecule has 0 rings (SSSR count). The highest BCUT2D eigenvalue weighted by molar-refractivity contribution is 9.10. The summed E-state index contributed by atoms with van der Waals surface area (Å²) in [5.74, 6) is -0.507. The lowest BCUT2D eigenvalue weighted by molar-refractivity contribution is -0.145. The molecule has 0 aliphatic carbocycles. The van der Waals surface area contributed by atoms with Gasteiger partial charge in [-0.3, -0.25) is 9.59 Å². The topological polar surface area (TPSA) is 43.4 Å². The Morgan fingerprint density at radius 1 is 1.27 bits per heavy atom. The second-order valence-corrected chi connectivity index (χ2v) is 4.52. The zero-order valence-corrected chi connectivity index (χ0v) is 11.0. The predicted octanol–water partition coefficient (Wildman–Crippen LogP) is 2.85. The molecule has 1 atom stereocenters. The summed E-state index contributed by atoms with van der Waals surface area (Å²) in [5, 5.41) is 0. The van der Waals surface area contributed by atoms with Crippen molar-refractivity contribution in [1.29, 1.82) is 0 Å². The number of carbonyl (C=O) groups is 2. The average Bonchev–Trinajstić information content (AvgIpc) is 2.18. The first kappa shape index (κ1) is 14.6. The van der Waals surface area contributed by atoms with Gasteiger partial charge >= 0.3 is 5.97 Å². The monoisotopic (exact) mass is 278 g/mol. The third-order valence-electron chi connectivity index (χ3n) is 2.03. The van der Waals surface area contributed by atoms with E-state index in [4.69, 9.17) is 4.74 Å². The van der Waals surface area contributed by atoms with E-state index in [-0.39, 0.29) is 17.0 Å².